The molecular formula is C13H17ClFN. The summed E-state index contributed by atoms with van der Waals surface area (Å²) in [7, 11) is 0. The highest BCUT2D eigenvalue weighted by atomic mass is 35.5. The van der Waals surface area contributed by atoms with Crippen LogP contribution in [-0.2, 0) is 5.88 Å². The summed E-state index contributed by atoms with van der Waals surface area (Å²) in [6, 6.07) is 5.14. The first-order valence-electron chi connectivity index (χ1n) is 5.84. The molecule has 1 aromatic rings. The van der Waals surface area contributed by atoms with Crippen LogP contribution in [0.5, 0.6) is 0 Å². The first-order valence-corrected chi connectivity index (χ1v) is 6.38. The van der Waals surface area contributed by atoms with Crippen LogP contribution in [0.15, 0.2) is 18.2 Å². The van der Waals surface area contributed by atoms with E-state index < -0.39 is 0 Å². The predicted octanol–water partition coefficient (Wildman–Crippen LogP) is 3.80. The molecule has 1 aromatic carbocycles. The fourth-order valence-corrected chi connectivity index (χ4v) is 2.23. The Hall–Kier alpha value is -0.760. The smallest absolute Gasteiger partial charge is 0.146 e. The van der Waals surface area contributed by atoms with Gasteiger partial charge in [-0.2, -0.15) is 0 Å². The molecule has 1 nitrogen and oxygen atoms in total. The van der Waals surface area contributed by atoms with E-state index in [0.29, 0.717) is 11.6 Å². The number of nitrogens with zero attached hydrogens (tertiary/aromatic N) is 1. The molecule has 0 spiro atoms. The Bertz CT molecular complexity index is 363. The molecule has 3 heteroatoms. The van der Waals surface area contributed by atoms with E-state index in [9.17, 15) is 4.39 Å². The molecule has 1 saturated carbocycles. The van der Waals surface area contributed by atoms with Crippen LogP contribution < -0.4 is 4.90 Å². The van der Waals surface area contributed by atoms with E-state index in [1.165, 1.54) is 18.9 Å². The topological polar surface area (TPSA) is 3.24 Å². The van der Waals surface area contributed by atoms with E-state index >= 15 is 0 Å². The lowest BCUT2D eigenvalue weighted by Gasteiger charge is -2.25. The zero-order valence-corrected chi connectivity index (χ0v) is 10.3. The first kappa shape index (κ1) is 11.7. The minimum absolute atomic E-state index is 0.152. The van der Waals surface area contributed by atoms with Crippen molar-refractivity contribution >= 4 is 17.3 Å². The van der Waals surface area contributed by atoms with E-state index in [1.807, 2.05) is 6.07 Å². The van der Waals surface area contributed by atoms with Crippen molar-refractivity contribution < 1.29 is 4.39 Å². The minimum atomic E-state index is -0.152. The average Bonchev–Trinajstić information content (AvgIpc) is 3.10. The Morgan fingerprint density at radius 1 is 1.44 bits per heavy atom. The van der Waals surface area contributed by atoms with Crippen LogP contribution in [-0.4, -0.2) is 13.1 Å². The molecule has 0 saturated heterocycles. The standard InChI is InChI=1S/C13H17ClFN/c1-2-16(9-10-6-7-10)13-11(8-14)4-3-5-12(13)15/h3-5,10H,2,6-9H2,1H3. The van der Waals surface area contributed by atoms with Crippen LogP contribution in [0.3, 0.4) is 0 Å². The quantitative estimate of drug-likeness (QED) is 0.709. The van der Waals surface area contributed by atoms with Gasteiger partial charge in [0.05, 0.1) is 5.69 Å². The molecule has 88 valence electrons. The molecule has 0 N–H and O–H groups in total. The van der Waals surface area contributed by atoms with Crippen molar-refractivity contribution in [3.63, 3.8) is 0 Å². The molecule has 0 radical (unpaired) electrons. The lowest BCUT2D eigenvalue weighted by molar-refractivity contribution is 0.611. The largest absolute Gasteiger partial charge is 0.369 e. The van der Waals surface area contributed by atoms with Crippen molar-refractivity contribution in [1.82, 2.24) is 0 Å². The van der Waals surface area contributed by atoms with Crippen LogP contribution in [0.1, 0.15) is 25.3 Å². The Kier molecular flexibility index (Phi) is 3.70. The highest BCUT2D eigenvalue weighted by Crippen LogP contribution is 2.33. The monoisotopic (exact) mass is 241 g/mol. The van der Waals surface area contributed by atoms with Gasteiger partial charge >= 0.3 is 0 Å². The van der Waals surface area contributed by atoms with E-state index in [0.717, 1.165) is 24.6 Å². The van der Waals surface area contributed by atoms with E-state index in [4.69, 9.17) is 11.6 Å². The molecule has 0 bridgehead atoms. The van der Waals surface area contributed by atoms with Gasteiger partial charge in [0, 0.05) is 19.0 Å². The lowest BCUT2D eigenvalue weighted by Crippen LogP contribution is -2.27. The zero-order chi connectivity index (χ0) is 11.5. The van der Waals surface area contributed by atoms with Crippen molar-refractivity contribution in [2.45, 2.75) is 25.6 Å². The molecule has 16 heavy (non-hydrogen) atoms. The first-order chi connectivity index (χ1) is 7.76. The molecule has 0 amide bonds. The second-order valence-electron chi connectivity index (χ2n) is 4.36. The van der Waals surface area contributed by atoms with Gasteiger partial charge in [-0.3, -0.25) is 0 Å². The summed E-state index contributed by atoms with van der Waals surface area (Å²) in [5.41, 5.74) is 1.59. The van der Waals surface area contributed by atoms with Gasteiger partial charge in [-0.25, -0.2) is 4.39 Å². The van der Waals surface area contributed by atoms with Gasteiger partial charge in [-0.05, 0) is 37.3 Å². The molecular weight excluding hydrogens is 225 g/mol. The van der Waals surface area contributed by atoms with Crippen LogP contribution in [0.4, 0.5) is 10.1 Å². The molecule has 0 heterocycles. The lowest BCUT2D eigenvalue weighted by atomic mass is 10.1. The van der Waals surface area contributed by atoms with Gasteiger partial charge in [0.25, 0.3) is 0 Å². The third-order valence-electron chi connectivity index (χ3n) is 3.09. The SMILES string of the molecule is CCN(CC1CC1)c1c(F)cccc1CCl. The number of hydrogen-bond acceptors (Lipinski definition) is 1. The predicted molar refractivity (Wildman–Crippen MR) is 66.6 cm³/mol. The molecule has 1 aliphatic rings. The maximum Gasteiger partial charge on any atom is 0.146 e. The molecule has 0 aromatic heterocycles. The number of rotatable bonds is 5. The number of hydrogen-bond donors (Lipinski definition) is 0. The van der Waals surface area contributed by atoms with Crippen LogP contribution in [0.25, 0.3) is 0 Å². The van der Waals surface area contributed by atoms with E-state index in [-0.39, 0.29) is 5.82 Å². The summed E-state index contributed by atoms with van der Waals surface area (Å²) >= 11 is 5.86. The van der Waals surface area contributed by atoms with Crippen LogP contribution in [0, 0.1) is 11.7 Å². The number of para-hydroxylation sites is 1. The maximum atomic E-state index is 13.8. The van der Waals surface area contributed by atoms with E-state index in [2.05, 4.69) is 11.8 Å². The third-order valence-corrected chi connectivity index (χ3v) is 3.38. The van der Waals surface area contributed by atoms with Crippen LogP contribution >= 0.6 is 11.6 Å². The van der Waals surface area contributed by atoms with Gasteiger partial charge in [-0.15, -0.1) is 11.6 Å². The van der Waals surface area contributed by atoms with Crippen molar-refractivity contribution in [1.29, 1.82) is 0 Å². The molecule has 1 fully saturated rings. The van der Waals surface area contributed by atoms with Crippen molar-refractivity contribution in [2.24, 2.45) is 5.92 Å². The molecule has 0 unspecified atom stereocenters. The summed E-state index contributed by atoms with van der Waals surface area (Å²) in [6.07, 6.45) is 2.56. The van der Waals surface area contributed by atoms with Gasteiger partial charge in [0.15, 0.2) is 0 Å². The molecule has 2 rings (SSSR count). The minimum Gasteiger partial charge on any atom is -0.369 e. The van der Waals surface area contributed by atoms with Gasteiger partial charge in [0.2, 0.25) is 0 Å². The Morgan fingerprint density at radius 2 is 2.19 bits per heavy atom. The summed E-state index contributed by atoms with van der Waals surface area (Å²) in [4.78, 5) is 2.12. The second-order valence-corrected chi connectivity index (χ2v) is 4.63. The normalized spacial score (nSPS) is 15.2. The van der Waals surface area contributed by atoms with Crippen molar-refractivity contribution in [3.8, 4) is 0 Å². The number of anilines is 1. The average molecular weight is 242 g/mol. The van der Waals surface area contributed by atoms with Crippen molar-refractivity contribution in [2.75, 3.05) is 18.0 Å². The summed E-state index contributed by atoms with van der Waals surface area (Å²) in [6.45, 7) is 3.86. The van der Waals surface area contributed by atoms with Gasteiger partial charge < -0.3 is 4.90 Å². The number of halogens is 2. The Balaban J connectivity index is 2.26. The fraction of sp³-hybridized carbons (Fsp3) is 0.538. The highest BCUT2D eigenvalue weighted by molar-refractivity contribution is 6.17. The summed E-state index contributed by atoms with van der Waals surface area (Å²) in [5.74, 6) is 0.970. The second kappa shape index (κ2) is 5.05. The number of alkyl halides is 1. The fourth-order valence-electron chi connectivity index (χ4n) is 2.01. The Morgan fingerprint density at radius 3 is 2.75 bits per heavy atom. The maximum absolute atomic E-state index is 13.8. The number of benzene rings is 1. The van der Waals surface area contributed by atoms with Gasteiger partial charge in [0.1, 0.15) is 5.82 Å². The van der Waals surface area contributed by atoms with Crippen molar-refractivity contribution in [3.05, 3.63) is 29.6 Å². The Labute approximate surface area is 101 Å². The molecule has 0 aliphatic heterocycles. The zero-order valence-electron chi connectivity index (χ0n) is 9.55. The molecule has 1 aliphatic carbocycles. The third kappa shape index (κ3) is 2.49. The summed E-state index contributed by atoms with van der Waals surface area (Å²) < 4.78 is 13.8. The molecule has 0 atom stereocenters. The highest BCUT2D eigenvalue weighted by Gasteiger charge is 2.25. The van der Waals surface area contributed by atoms with Crippen LogP contribution in [0.2, 0.25) is 0 Å². The van der Waals surface area contributed by atoms with Gasteiger partial charge in [-0.1, -0.05) is 12.1 Å². The summed E-state index contributed by atoms with van der Waals surface area (Å²) in [5, 5.41) is 0. The van der Waals surface area contributed by atoms with E-state index in [1.54, 1.807) is 6.07 Å².